The molecule has 2 aromatic rings. The predicted molar refractivity (Wildman–Crippen MR) is 69.6 cm³/mol. The van der Waals surface area contributed by atoms with Gasteiger partial charge in [0, 0.05) is 11.9 Å². The third kappa shape index (κ3) is 1.78. The number of rotatable bonds is 4. The average Bonchev–Trinajstić information content (AvgIpc) is 2.86. The lowest BCUT2D eigenvalue weighted by Gasteiger charge is -2.10. The minimum absolute atomic E-state index is 0.166. The van der Waals surface area contributed by atoms with Gasteiger partial charge in [-0.1, -0.05) is 51.4 Å². The summed E-state index contributed by atoms with van der Waals surface area (Å²) in [7, 11) is 1.62. The van der Waals surface area contributed by atoms with Gasteiger partial charge in [0.2, 0.25) is 5.89 Å². The van der Waals surface area contributed by atoms with Crippen molar-refractivity contribution in [1.82, 2.24) is 10.1 Å². The summed E-state index contributed by atoms with van der Waals surface area (Å²) in [4.78, 5) is 4.78. The summed E-state index contributed by atoms with van der Waals surface area (Å²) in [6.45, 7) is 0.376. The molecule has 5 heteroatoms. The van der Waals surface area contributed by atoms with Gasteiger partial charge in [-0.2, -0.15) is 4.98 Å². The zero-order valence-corrected chi connectivity index (χ0v) is 11.6. The van der Waals surface area contributed by atoms with E-state index in [2.05, 4.69) is 38.2 Å². The summed E-state index contributed by atoms with van der Waals surface area (Å²) >= 11 is 3.67. The number of nitrogens with zero attached hydrogens (tertiary/aromatic N) is 2. The topological polar surface area (TPSA) is 48.2 Å². The molecule has 0 bridgehead atoms. The highest BCUT2D eigenvalue weighted by Gasteiger charge is 2.59. The first kappa shape index (κ1) is 11.9. The molecule has 94 valence electrons. The van der Waals surface area contributed by atoms with Crippen molar-refractivity contribution in [3.05, 3.63) is 47.6 Å². The van der Waals surface area contributed by atoms with Crippen molar-refractivity contribution in [3.63, 3.8) is 0 Å². The Morgan fingerprint density at radius 3 is 2.78 bits per heavy atom. The minimum atomic E-state index is -0.166. The fourth-order valence-electron chi connectivity index (χ4n) is 2.23. The molecule has 0 aliphatic heterocycles. The van der Waals surface area contributed by atoms with Gasteiger partial charge >= 0.3 is 0 Å². The van der Waals surface area contributed by atoms with Crippen LogP contribution in [0.3, 0.4) is 0 Å². The molecular weight excluding hydrogens is 296 g/mol. The molecule has 0 amide bonds. The molecule has 2 atom stereocenters. The molecule has 4 nitrogen and oxygen atoms in total. The van der Waals surface area contributed by atoms with Crippen molar-refractivity contribution < 1.29 is 9.26 Å². The van der Waals surface area contributed by atoms with Crippen LogP contribution in [0.5, 0.6) is 0 Å². The van der Waals surface area contributed by atoms with Crippen molar-refractivity contribution in [2.24, 2.45) is 0 Å². The summed E-state index contributed by atoms with van der Waals surface area (Å²) in [6.07, 6.45) is 0.978. The molecule has 1 heterocycles. The van der Waals surface area contributed by atoms with Crippen LogP contribution in [-0.2, 0) is 16.8 Å². The maximum atomic E-state index is 5.40. The minimum Gasteiger partial charge on any atom is -0.377 e. The van der Waals surface area contributed by atoms with Crippen LogP contribution in [0.4, 0.5) is 0 Å². The van der Waals surface area contributed by atoms with Gasteiger partial charge in [0.1, 0.15) is 6.61 Å². The SMILES string of the molecule is COCc1noc(C2(c3ccccc3)CC2Br)n1. The molecule has 18 heavy (non-hydrogen) atoms. The van der Waals surface area contributed by atoms with Crippen LogP contribution in [-0.4, -0.2) is 22.1 Å². The Hall–Kier alpha value is -1.20. The van der Waals surface area contributed by atoms with Crippen LogP contribution in [0.15, 0.2) is 34.9 Å². The van der Waals surface area contributed by atoms with E-state index in [1.807, 2.05) is 18.2 Å². The van der Waals surface area contributed by atoms with Gasteiger partial charge in [-0.05, 0) is 12.0 Å². The molecule has 3 rings (SSSR count). The molecule has 0 radical (unpaired) electrons. The van der Waals surface area contributed by atoms with Gasteiger partial charge in [0.15, 0.2) is 5.82 Å². The van der Waals surface area contributed by atoms with E-state index in [4.69, 9.17) is 9.26 Å². The maximum absolute atomic E-state index is 5.40. The first-order valence-electron chi connectivity index (χ1n) is 5.79. The molecule has 1 aliphatic carbocycles. The Kier molecular flexibility index (Phi) is 2.95. The standard InChI is InChI=1S/C13H13BrN2O2/c1-17-8-11-15-12(18-16-11)13(7-10(13)14)9-5-3-2-4-6-9/h2-6,10H,7-8H2,1H3. The lowest BCUT2D eigenvalue weighted by atomic mass is 9.96. The molecule has 0 N–H and O–H groups in total. The van der Waals surface area contributed by atoms with Crippen molar-refractivity contribution in [3.8, 4) is 0 Å². The average molecular weight is 309 g/mol. The third-order valence-corrected chi connectivity index (χ3v) is 4.39. The van der Waals surface area contributed by atoms with Crippen LogP contribution in [0.25, 0.3) is 0 Å². The Morgan fingerprint density at radius 2 is 2.17 bits per heavy atom. The molecule has 0 saturated heterocycles. The second-order valence-corrected chi connectivity index (χ2v) is 5.56. The van der Waals surface area contributed by atoms with Crippen molar-refractivity contribution in [2.75, 3.05) is 7.11 Å². The summed E-state index contributed by atoms with van der Waals surface area (Å²) in [5.74, 6) is 1.26. The Morgan fingerprint density at radius 1 is 1.44 bits per heavy atom. The lowest BCUT2D eigenvalue weighted by Crippen LogP contribution is -2.13. The summed E-state index contributed by atoms with van der Waals surface area (Å²) in [5.41, 5.74) is 1.04. The number of ether oxygens (including phenoxy) is 1. The van der Waals surface area contributed by atoms with Gasteiger partial charge in [-0.25, -0.2) is 0 Å². The number of hydrogen-bond donors (Lipinski definition) is 0. The molecule has 2 unspecified atom stereocenters. The van der Waals surface area contributed by atoms with Gasteiger partial charge in [-0.3, -0.25) is 0 Å². The number of benzene rings is 1. The monoisotopic (exact) mass is 308 g/mol. The third-order valence-electron chi connectivity index (χ3n) is 3.29. The van der Waals surface area contributed by atoms with Gasteiger partial charge in [-0.15, -0.1) is 0 Å². The molecule has 1 fully saturated rings. The normalized spacial score (nSPS) is 26.2. The van der Waals surface area contributed by atoms with Crippen LogP contribution >= 0.6 is 15.9 Å². The summed E-state index contributed by atoms with van der Waals surface area (Å²) in [5, 5.41) is 3.94. The molecule has 1 saturated carbocycles. The van der Waals surface area contributed by atoms with E-state index in [9.17, 15) is 0 Å². The van der Waals surface area contributed by atoms with E-state index < -0.39 is 0 Å². The highest BCUT2D eigenvalue weighted by atomic mass is 79.9. The lowest BCUT2D eigenvalue weighted by molar-refractivity contribution is 0.174. The summed E-state index contributed by atoms with van der Waals surface area (Å²) < 4.78 is 10.4. The molecule has 0 spiro atoms. The van der Waals surface area contributed by atoms with E-state index in [1.54, 1.807) is 7.11 Å². The number of hydrogen-bond acceptors (Lipinski definition) is 4. The molecule has 1 aromatic carbocycles. The highest BCUT2D eigenvalue weighted by Crippen LogP contribution is 2.57. The van der Waals surface area contributed by atoms with Crippen molar-refractivity contribution in [1.29, 1.82) is 0 Å². The van der Waals surface area contributed by atoms with E-state index >= 15 is 0 Å². The number of methoxy groups -OCH3 is 1. The predicted octanol–water partition coefficient (Wildman–Crippen LogP) is 2.67. The quantitative estimate of drug-likeness (QED) is 0.815. The second kappa shape index (κ2) is 4.48. The van der Waals surface area contributed by atoms with E-state index in [0.717, 1.165) is 6.42 Å². The Balaban J connectivity index is 1.97. The van der Waals surface area contributed by atoms with Gasteiger partial charge < -0.3 is 9.26 Å². The first-order chi connectivity index (χ1) is 8.77. The van der Waals surface area contributed by atoms with E-state index in [1.165, 1.54) is 5.56 Å². The Labute approximate surface area is 113 Å². The van der Waals surface area contributed by atoms with Crippen LogP contribution in [0.1, 0.15) is 23.7 Å². The fourth-order valence-corrected chi connectivity index (χ4v) is 3.20. The van der Waals surface area contributed by atoms with Crippen molar-refractivity contribution >= 4 is 15.9 Å². The number of aromatic nitrogens is 2. The zero-order valence-electron chi connectivity index (χ0n) is 9.97. The number of alkyl halides is 1. The van der Waals surface area contributed by atoms with Gasteiger partial charge in [0.25, 0.3) is 0 Å². The molecule has 1 aromatic heterocycles. The van der Waals surface area contributed by atoms with Crippen LogP contribution < -0.4 is 0 Å². The largest absolute Gasteiger partial charge is 0.377 e. The molecule has 1 aliphatic rings. The van der Waals surface area contributed by atoms with E-state index in [-0.39, 0.29) is 5.41 Å². The first-order valence-corrected chi connectivity index (χ1v) is 6.70. The van der Waals surface area contributed by atoms with E-state index in [0.29, 0.717) is 23.1 Å². The maximum Gasteiger partial charge on any atom is 0.238 e. The van der Waals surface area contributed by atoms with Crippen LogP contribution in [0.2, 0.25) is 0 Å². The smallest absolute Gasteiger partial charge is 0.238 e. The Bertz CT molecular complexity index is 543. The van der Waals surface area contributed by atoms with Crippen LogP contribution in [0, 0.1) is 0 Å². The summed E-state index contributed by atoms with van der Waals surface area (Å²) in [6, 6.07) is 10.3. The number of halogens is 1. The van der Waals surface area contributed by atoms with Gasteiger partial charge in [0.05, 0.1) is 5.41 Å². The molecular formula is C13H13BrN2O2. The second-order valence-electron chi connectivity index (χ2n) is 4.46. The van der Waals surface area contributed by atoms with Crippen molar-refractivity contribution in [2.45, 2.75) is 23.3 Å². The fraction of sp³-hybridized carbons (Fsp3) is 0.385. The zero-order chi connectivity index (χ0) is 12.6. The highest BCUT2D eigenvalue weighted by molar-refractivity contribution is 9.09.